The predicted octanol–water partition coefficient (Wildman–Crippen LogP) is 2.14. The van der Waals surface area contributed by atoms with Crippen molar-refractivity contribution in [3.63, 3.8) is 0 Å². The van der Waals surface area contributed by atoms with E-state index in [-0.39, 0.29) is 5.69 Å². The second-order valence-electron chi connectivity index (χ2n) is 2.39. The first kappa shape index (κ1) is 7.42. The number of benzene rings is 1. The molecule has 1 aliphatic heterocycles. The van der Waals surface area contributed by atoms with E-state index in [0.29, 0.717) is 5.75 Å². The summed E-state index contributed by atoms with van der Waals surface area (Å²) >= 11 is 1.30. The van der Waals surface area contributed by atoms with Crippen LogP contribution in [0.3, 0.4) is 0 Å². The van der Waals surface area contributed by atoms with Gasteiger partial charge in [0.25, 0.3) is 5.69 Å². The monoisotopic (exact) mass is 183 g/mol. The van der Waals surface area contributed by atoms with Crippen molar-refractivity contribution in [2.24, 2.45) is 0 Å². The number of hydrogen-bond acceptors (Lipinski definition) is 4. The van der Waals surface area contributed by atoms with Crippen LogP contribution in [0.15, 0.2) is 18.2 Å². The molecule has 0 amide bonds. The molecule has 0 fully saturated rings. The van der Waals surface area contributed by atoms with E-state index in [2.05, 4.69) is 0 Å². The fourth-order valence-corrected chi connectivity index (χ4v) is 1.73. The maximum absolute atomic E-state index is 10.4. The molecule has 1 aliphatic rings. The molecule has 0 spiro atoms. The van der Waals surface area contributed by atoms with Crippen molar-refractivity contribution in [3.8, 4) is 5.75 Å². The van der Waals surface area contributed by atoms with Gasteiger partial charge < -0.3 is 4.18 Å². The van der Waals surface area contributed by atoms with Gasteiger partial charge in [-0.15, -0.1) is 0 Å². The normalized spacial score (nSPS) is 13.7. The topological polar surface area (TPSA) is 52.4 Å². The molecule has 1 aromatic carbocycles. The lowest BCUT2D eigenvalue weighted by molar-refractivity contribution is -0.384. The molecule has 0 atom stereocenters. The number of non-ortho nitro benzene ring substituents is 1. The van der Waals surface area contributed by atoms with Crippen molar-refractivity contribution in [1.82, 2.24) is 0 Å². The zero-order chi connectivity index (χ0) is 8.55. The first-order valence-corrected chi connectivity index (χ1v) is 4.25. The summed E-state index contributed by atoms with van der Waals surface area (Å²) in [5, 5.41) is 10.4. The maximum Gasteiger partial charge on any atom is 0.270 e. The highest BCUT2D eigenvalue weighted by Gasteiger charge is 2.16. The van der Waals surface area contributed by atoms with Crippen molar-refractivity contribution in [1.29, 1.82) is 0 Å². The van der Waals surface area contributed by atoms with Crippen molar-refractivity contribution < 1.29 is 9.11 Å². The number of nitro benzene ring substituents is 1. The molecule has 1 heterocycles. The summed E-state index contributed by atoms with van der Waals surface area (Å²) in [5.41, 5.74) is 1.02. The summed E-state index contributed by atoms with van der Waals surface area (Å²) in [6.45, 7) is 0. The molecule has 0 radical (unpaired) electrons. The van der Waals surface area contributed by atoms with Crippen molar-refractivity contribution >= 4 is 17.7 Å². The summed E-state index contributed by atoms with van der Waals surface area (Å²) in [5.74, 6) is 1.43. The number of rotatable bonds is 1. The standard InChI is InChI=1S/C7H5NO3S/c9-8(10)6-1-2-7-5(3-6)4-12-11-7/h1-3H,4H2. The van der Waals surface area contributed by atoms with Gasteiger partial charge in [-0.2, -0.15) is 0 Å². The van der Waals surface area contributed by atoms with Crippen LogP contribution in [0.1, 0.15) is 5.56 Å². The zero-order valence-electron chi connectivity index (χ0n) is 6.02. The van der Waals surface area contributed by atoms with Gasteiger partial charge in [-0.25, -0.2) is 0 Å². The lowest BCUT2D eigenvalue weighted by atomic mass is 10.2. The van der Waals surface area contributed by atoms with E-state index in [1.54, 1.807) is 12.1 Å². The molecule has 62 valence electrons. The molecule has 5 heteroatoms. The highest BCUT2D eigenvalue weighted by atomic mass is 32.2. The molecule has 0 unspecified atom stereocenters. The summed E-state index contributed by atoms with van der Waals surface area (Å²) in [4.78, 5) is 9.96. The Morgan fingerprint density at radius 1 is 1.58 bits per heavy atom. The van der Waals surface area contributed by atoms with Crippen LogP contribution in [0.25, 0.3) is 0 Å². The van der Waals surface area contributed by atoms with Crippen LogP contribution < -0.4 is 4.18 Å². The van der Waals surface area contributed by atoms with Gasteiger partial charge in [0.2, 0.25) is 0 Å². The number of fused-ring (bicyclic) bond motifs is 1. The van der Waals surface area contributed by atoms with Gasteiger partial charge in [0.1, 0.15) is 5.75 Å². The van der Waals surface area contributed by atoms with E-state index in [0.717, 1.165) is 11.3 Å². The zero-order valence-corrected chi connectivity index (χ0v) is 6.84. The van der Waals surface area contributed by atoms with Gasteiger partial charge in [0.05, 0.1) is 22.7 Å². The third-order valence-corrected chi connectivity index (χ3v) is 2.34. The Kier molecular flexibility index (Phi) is 1.65. The molecule has 0 bridgehead atoms. The van der Waals surface area contributed by atoms with E-state index in [9.17, 15) is 10.1 Å². The van der Waals surface area contributed by atoms with Crippen LogP contribution in [0.2, 0.25) is 0 Å². The molecule has 1 aromatic rings. The third-order valence-electron chi connectivity index (χ3n) is 1.62. The molecular weight excluding hydrogens is 178 g/mol. The van der Waals surface area contributed by atoms with Crippen LogP contribution in [0, 0.1) is 10.1 Å². The van der Waals surface area contributed by atoms with Gasteiger partial charge in [-0.3, -0.25) is 10.1 Å². The molecular formula is C7H5NO3S. The molecule has 0 N–H and O–H groups in total. The molecule has 4 nitrogen and oxygen atoms in total. The van der Waals surface area contributed by atoms with Crippen LogP contribution >= 0.6 is 12.0 Å². The molecule has 12 heavy (non-hydrogen) atoms. The second-order valence-corrected chi connectivity index (χ2v) is 3.09. The predicted molar refractivity (Wildman–Crippen MR) is 45.0 cm³/mol. The second kappa shape index (κ2) is 2.67. The van der Waals surface area contributed by atoms with E-state index in [1.807, 2.05) is 0 Å². The van der Waals surface area contributed by atoms with Crippen LogP contribution in [-0.4, -0.2) is 4.92 Å². The lowest BCUT2D eigenvalue weighted by Gasteiger charge is -1.94. The quantitative estimate of drug-likeness (QED) is 0.380. The largest absolute Gasteiger partial charge is 0.425 e. The Bertz CT molecular complexity index is 339. The molecule has 0 aliphatic carbocycles. The highest BCUT2D eigenvalue weighted by molar-refractivity contribution is 7.94. The number of nitro groups is 1. The van der Waals surface area contributed by atoms with Gasteiger partial charge in [0.15, 0.2) is 0 Å². The Balaban J connectivity index is 2.45. The van der Waals surface area contributed by atoms with Crippen molar-refractivity contribution in [2.45, 2.75) is 5.75 Å². The molecule has 0 saturated carbocycles. The van der Waals surface area contributed by atoms with Gasteiger partial charge in [0, 0.05) is 17.7 Å². The van der Waals surface area contributed by atoms with E-state index >= 15 is 0 Å². The van der Waals surface area contributed by atoms with Gasteiger partial charge in [-0.1, -0.05) is 0 Å². The Labute approximate surface area is 72.9 Å². The number of nitrogens with zero attached hydrogens (tertiary/aromatic N) is 1. The minimum Gasteiger partial charge on any atom is -0.425 e. The molecule has 0 aromatic heterocycles. The smallest absolute Gasteiger partial charge is 0.270 e. The summed E-state index contributed by atoms with van der Waals surface area (Å²) < 4.78 is 5.13. The lowest BCUT2D eigenvalue weighted by Crippen LogP contribution is -1.88. The Morgan fingerprint density at radius 2 is 2.42 bits per heavy atom. The van der Waals surface area contributed by atoms with Crippen LogP contribution in [0.5, 0.6) is 5.75 Å². The summed E-state index contributed by atoms with van der Waals surface area (Å²) in [6.07, 6.45) is 0. The van der Waals surface area contributed by atoms with Crippen molar-refractivity contribution in [3.05, 3.63) is 33.9 Å². The van der Waals surface area contributed by atoms with E-state index in [4.69, 9.17) is 4.18 Å². The third kappa shape index (κ3) is 1.12. The Morgan fingerprint density at radius 3 is 3.17 bits per heavy atom. The summed E-state index contributed by atoms with van der Waals surface area (Å²) in [6, 6.07) is 4.63. The first-order chi connectivity index (χ1) is 5.77. The summed E-state index contributed by atoms with van der Waals surface area (Å²) in [7, 11) is 0. The van der Waals surface area contributed by atoms with Gasteiger partial charge >= 0.3 is 0 Å². The highest BCUT2D eigenvalue weighted by Crippen LogP contribution is 2.35. The fourth-order valence-electron chi connectivity index (χ4n) is 1.03. The average molecular weight is 183 g/mol. The van der Waals surface area contributed by atoms with E-state index < -0.39 is 4.92 Å². The van der Waals surface area contributed by atoms with Crippen molar-refractivity contribution in [2.75, 3.05) is 0 Å². The fraction of sp³-hybridized carbons (Fsp3) is 0.143. The molecule has 0 saturated heterocycles. The maximum atomic E-state index is 10.4. The average Bonchev–Trinajstić information content (AvgIpc) is 2.49. The van der Waals surface area contributed by atoms with E-state index in [1.165, 1.54) is 18.1 Å². The van der Waals surface area contributed by atoms with Crippen LogP contribution in [-0.2, 0) is 5.75 Å². The van der Waals surface area contributed by atoms with Crippen LogP contribution in [0.4, 0.5) is 5.69 Å². The minimum absolute atomic E-state index is 0.125. The number of hydrogen-bond donors (Lipinski definition) is 0. The molecule has 2 rings (SSSR count). The minimum atomic E-state index is -0.400. The SMILES string of the molecule is O=[N+]([O-])c1ccc2c(c1)CSO2. The van der Waals surface area contributed by atoms with Gasteiger partial charge in [-0.05, 0) is 6.07 Å². The Hall–Kier alpha value is -1.23. The first-order valence-electron chi connectivity index (χ1n) is 3.34.